The van der Waals surface area contributed by atoms with Gasteiger partial charge in [-0.25, -0.2) is 9.97 Å². The first-order valence-electron chi connectivity index (χ1n) is 8.70. The van der Waals surface area contributed by atoms with Crippen molar-refractivity contribution in [2.24, 2.45) is 0 Å². The summed E-state index contributed by atoms with van der Waals surface area (Å²) in [6.07, 6.45) is 4.95. The highest BCUT2D eigenvalue weighted by atomic mass is 35.5. The molecule has 1 aliphatic heterocycles. The minimum absolute atomic E-state index is 0.0235. The average Bonchev–Trinajstić information content (AvgIpc) is 2.66. The fourth-order valence-corrected chi connectivity index (χ4v) is 3.19. The van der Waals surface area contributed by atoms with Crippen LogP contribution in [0.1, 0.15) is 18.4 Å². The normalized spacial score (nSPS) is 15.0. The first kappa shape index (κ1) is 18.5. The Morgan fingerprint density at radius 2 is 2.00 bits per heavy atom. The number of aryl methyl sites for hydroxylation is 1. The Balaban J connectivity index is 1.48. The third-order valence-corrected chi connectivity index (χ3v) is 4.83. The van der Waals surface area contributed by atoms with E-state index >= 15 is 0 Å². The van der Waals surface area contributed by atoms with Crippen LogP contribution >= 0.6 is 11.6 Å². The summed E-state index contributed by atoms with van der Waals surface area (Å²) in [5.74, 6) is 1.41. The molecule has 1 fully saturated rings. The molecule has 0 aliphatic carbocycles. The summed E-state index contributed by atoms with van der Waals surface area (Å²) in [5, 5.41) is 0.524. The number of hydrogen-bond acceptors (Lipinski definition) is 5. The van der Waals surface area contributed by atoms with Crippen LogP contribution in [0, 0.1) is 6.92 Å². The molecular weight excluding hydrogens is 352 g/mol. The van der Waals surface area contributed by atoms with Crippen LogP contribution in [-0.2, 0) is 4.79 Å². The molecule has 1 saturated heterocycles. The molecule has 0 N–H and O–H groups in total. The highest BCUT2D eigenvalue weighted by Gasteiger charge is 2.26. The molecule has 138 valence electrons. The van der Waals surface area contributed by atoms with Gasteiger partial charge in [0, 0.05) is 26.2 Å². The minimum Gasteiger partial charge on any atom is -0.484 e. The maximum atomic E-state index is 12.4. The van der Waals surface area contributed by atoms with Crippen LogP contribution in [0.4, 0.5) is 5.95 Å². The zero-order valence-electron chi connectivity index (χ0n) is 15.1. The second kappa shape index (κ2) is 8.36. The number of likely N-dealkylation sites (tertiary alicyclic amines) is 1. The second-order valence-corrected chi connectivity index (χ2v) is 6.97. The molecule has 6 nitrogen and oxygen atoms in total. The fraction of sp³-hybridized carbons (Fsp3) is 0.421. The predicted octanol–water partition coefficient (Wildman–Crippen LogP) is 2.94. The number of carbonyl (C=O) groups excluding carboxylic acids is 1. The number of benzene rings is 1. The Hall–Kier alpha value is -2.34. The third-order valence-electron chi connectivity index (χ3n) is 4.64. The Kier molecular flexibility index (Phi) is 5.93. The number of carbonyl (C=O) groups is 1. The smallest absolute Gasteiger partial charge is 0.260 e. The predicted molar refractivity (Wildman–Crippen MR) is 102 cm³/mol. The van der Waals surface area contributed by atoms with Gasteiger partial charge in [-0.15, -0.1) is 0 Å². The van der Waals surface area contributed by atoms with E-state index in [0.717, 1.165) is 24.2 Å². The zero-order chi connectivity index (χ0) is 18.5. The van der Waals surface area contributed by atoms with Crippen molar-refractivity contribution >= 4 is 23.5 Å². The number of halogens is 1. The van der Waals surface area contributed by atoms with Crippen LogP contribution in [0.3, 0.4) is 0 Å². The maximum absolute atomic E-state index is 12.4. The molecule has 2 heterocycles. The molecule has 0 spiro atoms. The summed E-state index contributed by atoms with van der Waals surface area (Å²) < 4.78 is 5.62. The average molecular weight is 375 g/mol. The minimum atomic E-state index is 0.0235. The lowest BCUT2D eigenvalue weighted by atomic mass is 10.0. The topological polar surface area (TPSA) is 58.6 Å². The van der Waals surface area contributed by atoms with Crippen molar-refractivity contribution in [3.8, 4) is 5.75 Å². The molecule has 26 heavy (non-hydrogen) atoms. The SMILES string of the molecule is Cc1cccc(OCC(=O)N2CCC(N(C)c3ncc(Cl)cn3)CC2)c1. The Labute approximate surface area is 158 Å². The van der Waals surface area contributed by atoms with Crippen LogP contribution in [0.25, 0.3) is 0 Å². The van der Waals surface area contributed by atoms with E-state index in [-0.39, 0.29) is 12.5 Å². The van der Waals surface area contributed by atoms with Crippen LogP contribution < -0.4 is 9.64 Å². The first-order chi connectivity index (χ1) is 12.5. The molecule has 7 heteroatoms. The van der Waals surface area contributed by atoms with E-state index in [1.165, 1.54) is 0 Å². The van der Waals surface area contributed by atoms with Crippen molar-refractivity contribution in [2.75, 3.05) is 31.6 Å². The van der Waals surface area contributed by atoms with Gasteiger partial charge in [0.1, 0.15) is 5.75 Å². The number of nitrogens with zero attached hydrogens (tertiary/aromatic N) is 4. The van der Waals surface area contributed by atoms with Crippen molar-refractivity contribution in [2.45, 2.75) is 25.8 Å². The highest BCUT2D eigenvalue weighted by Crippen LogP contribution is 2.20. The maximum Gasteiger partial charge on any atom is 0.260 e. The Bertz CT molecular complexity index is 745. The molecule has 0 saturated carbocycles. The molecule has 2 aromatic rings. The van der Waals surface area contributed by atoms with Gasteiger partial charge < -0.3 is 14.5 Å². The van der Waals surface area contributed by atoms with Crippen LogP contribution in [-0.4, -0.2) is 53.6 Å². The lowest BCUT2D eigenvalue weighted by Crippen LogP contribution is -2.47. The van der Waals surface area contributed by atoms with E-state index in [0.29, 0.717) is 30.1 Å². The summed E-state index contributed by atoms with van der Waals surface area (Å²) >= 11 is 5.84. The van der Waals surface area contributed by atoms with Gasteiger partial charge in [0.2, 0.25) is 5.95 Å². The van der Waals surface area contributed by atoms with E-state index in [1.807, 2.05) is 43.1 Å². The van der Waals surface area contributed by atoms with Gasteiger partial charge in [-0.05, 0) is 37.5 Å². The van der Waals surface area contributed by atoms with Gasteiger partial charge in [0.05, 0.1) is 17.4 Å². The standard InChI is InChI=1S/C19H23ClN4O2/c1-14-4-3-5-17(10-14)26-13-18(25)24-8-6-16(7-9-24)23(2)19-21-11-15(20)12-22-19/h3-5,10-12,16H,6-9,13H2,1-2H3. The lowest BCUT2D eigenvalue weighted by Gasteiger charge is -2.36. The molecule has 0 bridgehead atoms. The Morgan fingerprint density at radius 3 is 2.65 bits per heavy atom. The molecule has 0 unspecified atom stereocenters. The Morgan fingerprint density at radius 1 is 1.31 bits per heavy atom. The highest BCUT2D eigenvalue weighted by molar-refractivity contribution is 6.30. The summed E-state index contributed by atoms with van der Waals surface area (Å²) in [7, 11) is 1.98. The molecule has 1 amide bonds. The van der Waals surface area contributed by atoms with E-state index in [9.17, 15) is 4.79 Å². The zero-order valence-corrected chi connectivity index (χ0v) is 15.8. The van der Waals surface area contributed by atoms with Crippen LogP contribution in [0.15, 0.2) is 36.7 Å². The number of ether oxygens (including phenoxy) is 1. The summed E-state index contributed by atoms with van der Waals surface area (Å²) in [6, 6.07) is 8.03. The van der Waals surface area contributed by atoms with Crippen molar-refractivity contribution in [1.29, 1.82) is 0 Å². The van der Waals surface area contributed by atoms with Crippen molar-refractivity contribution in [3.63, 3.8) is 0 Å². The van der Waals surface area contributed by atoms with Gasteiger partial charge in [-0.3, -0.25) is 4.79 Å². The molecule has 1 aromatic carbocycles. The second-order valence-electron chi connectivity index (χ2n) is 6.53. The number of piperidine rings is 1. The van der Waals surface area contributed by atoms with Crippen LogP contribution in [0.2, 0.25) is 5.02 Å². The quantitative estimate of drug-likeness (QED) is 0.805. The van der Waals surface area contributed by atoms with Crippen molar-refractivity contribution < 1.29 is 9.53 Å². The molecule has 0 atom stereocenters. The van der Waals surface area contributed by atoms with Crippen molar-refractivity contribution in [3.05, 3.63) is 47.2 Å². The summed E-state index contributed by atoms with van der Waals surface area (Å²) in [4.78, 5) is 24.8. The third kappa shape index (κ3) is 4.64. The van der Waals surface area contributed by atoms with Gasteiger partial charge in [-0.1, -0.05) is 23.7 Å². The molecular formula is C19H23ClN4O2. The van der Waals surface area contributed by atoms with Gasteiger partial charge in [-0.2, -0.15) is 0 Å². The van der Waals surface area contributed by atoms with E-state index in [2.05, 4.69) is 14.9 Å². The lowest BCUT2D eigenvalue weighted by molar-refractivity contribution is -0.134. The van der Waals surface area contributed by atoms with E-state index < -0.39 is 0 Å². The van der Waals surface area contributed by atoms with Gasteiger partial charge >= 0.3 is 0 Å². The molecule has 3 rings (SSSR count). The summed E-state index contributed by atoms with van der Waals surface area (Å²) in [6.45, 7) is 3.49. The fourth-order valence-electron chi connectivity index (χ4n) is 3.09. The van der Waals surface area contributed by atoms with Gasteiger partial charge in [0.15, 0.2) is 6.61 Å². The monoisotopic (exact) mass is 374 g/mol. The largest absolute Gasteiger partial charge is 0.484 e. The number of rotatable bonds is 5. The van der Waals surface area contributed by atoms with Crippen LogP contribution in [0.5, 0.6) is 5.75 Å². The molecule has 1 aromatic heterocycles. The number of aromatic nitrogens is 2. The van der Waals surface area contributed by atoms with Gasteiger partial charge in [0.25, 0.3) is 5.91 Å². The van der Waals surface area contributed by atoms with Crippen molar-refractivity contribution in [1.82, 2.24) is 14.9 Å². The number of anilines is 1. The van der Waals surface area contributed by atoms with E-state index in [4.69, 9.17) is 16.3 Å². The number of hydrogen-bond donors (Lipinski definition) is 0. The first-order valence-corrected chi connectivity index (χ1v) is 9.08. The number of amides is 1. The molecule has 1 aliphatic rings. The molecule has 0 radical (unpaired) electrons. The summed E-state index contributed by atoms with van der Waals surface area (Å²) in [5.41, 5.74) is 1.11. The van der Waals surface area contributed by atoms with E-state index in [1.54, 1.807) is 12.4 Å².